The van der Waals surface area contributed by atoms with Gasteiger partial charge in [0.25, 0.3) is 5.91 Å². The van der Waals surface area contributed by atoms with Crippen LogP contribution in [0.2, 0.25) is 0 Å². The van der Waals surface area contributed by atoms with Crippen LogP contribution in [0.15, 0.2) is 0 Å². The van der Waals surface area contributed by atoms with Gasteiger partial charge < -0.3 is 0 Å². The van der Waals surface area contributed by atoms with E-state index in [0.29, 0.717) is 5.92 Å². The quantitative estimate of drug-likeness (QED) is 0.415. The Morgan fingerprint density at radius 2 is 2.33 bits per heavy atom. The van der Waals surface area contributed by atoms with Gasteiger partial charge in [-0.1, -0.05) is 13.8 Å². The van der Waals surface area contributed by atoms with Crippen molar-refractivity contribution in [2.75, 3.05) is 13.1 Å². The molecule has 88 valence electrons. The number of hydrogen-bond donors (Lipinski definition) is 2. The van der Waals surface area contributed by atoms with Gasteiger partial charge >= 0.3 is 0 Å². The molecule has 0 bridgehead atoms. The lowest BCUT2D eigenvalue weighted by Gasteiger charge is -2.43. The molecule has 0 unspecified atom stereocenters. The summed E-state index contributed by atoms with van der Waals surface area (Å²) in [5, 5.41) is 0. The van der Waals surface area contributed by atoms with Crippen LogP contribution in [-0.2, 0) is 4.79 Å². The molecule has 0 aromatic rings. The van der Waals surface area contributed by atoms with E-state index in [0.717, 1.165) is 19.5 Å². The van der Waals surface area contributed by atoms with E-state index in [1.54, 1.807) is 0 Å². The number of likely N-dealkylation sites (tertiary alicyclic amines) is 1. The Morgan fingerprint density at radius 3 is 2.80 bits per heavy atom. The van der Waals surface area contributed by atoms with Gasteiger partial charge in [0, 0.05) is 6.54 Å². The van der Waals surface area contributed by atoms with Crippen molar-refractivity contribution in [2.45, 2.75) is 45.6 Å². The standard InChI is InChI=1S/C11H23N3O/c1-4-11(3,10(15)13-12)14-7-5-6-9(2)8-14/h9H,4-8,12H2,1-3H3,(H,13,15)/t9-,11+/m1/s1. The smallest absolute Gasteiger partial charge is 0.254 e. The van der Waals surface area contributed by atoms with Crippen molar-refractivity contribution < 1.29 is 4.79 Å². The van der Waals surface area contributed by atoms with Crippen LogP contribution in [0.5, 0.6) is 0 Å². The van der Waals surface area contributed by atoms with Crippen LogP contribution in [0.4, 0.5) is 0 Å². The van der Waals surface area contributed by atoms with Gasteiger partial charge in [-0.3, -0.25) is 15.1 Å². The normalized spacial score (nSPS) is 27.1. The molecule has 4 heteroatoms. The molecule has 1 fully saturated rings. The molecule has 1 aliphatic rings. The molecule has 1 rings (SSSR count). The number of nitrogens with zero attached hydrogens (tertiary/aromatic N) is 1. The first kappa shape index (κ1) is 12.5. The van der Waals surface area contributed by atoms with Crippen molar-refractivity contribution >= 4 is 5.91 Å². The topological polar surface area (TPSA) is 58.4 Å². The SMILES string of the molecule is CC[C@@](C)(C(=O)NN)N1CCC[C@@H](C)C1. The average Bonchev–Trinajstić information content (AvgIpc) is 2.26. The number of rotatable bonds is 3. The molecule has 15 heavy (non-hydrogen) atoms. The van der Waals surface area contributed by atoms with Crippen LogP contribution in [0, 0.1) is 5.92 Å². The Kier molecular flexibility index (Phi) is 4.11. The summed E-state index contributed by atoms with van der Waals surface area (Å²) in [6.45, 7) is 8.25. The zero-order valence-electron chi connectivity index (χ0n) is 10.0. The predicted molar refractivity (Wildman–Crippen MR) is 61.0 cm³/mol. The van der Waals surface area contributed by atoms with Gasteiger partial charge in [0.2, 0.25) is 0 Å². The minimum atomic E-state index is -0.441. The second kappa shape index (κ2) is 4.94. The summed E-state index contributed by atoms with van der Waals surface area (Å²) >= 11 is 0. The number of carbonyl (C=O) groups is 1. The van der Waals surface area contributed by atoms with E-state index in [-0.39, 0.29) is 5.91 Å². The fourth-order valence-electron chi connectivity index (χ4n) is 2.32. The maximum atomic E-state index is 11.8. The second-order valence-electron chi connectivity index (χ2n) is 4.79. The first-order valence-electron chi connectivity index (χ1n) is 5.80. The van der Waals surface area contributed by atoms with Crippen LogP contribution in [-0.4, -0.2) is 29.4 Å². The number of carbonyl (C=O) groups excluding carboxylic acids is 1. The molecule has 1 saturated heterocycles. The van der Waals surface area contributed by atoms with Crippen LogP contribution in [0.25, 0.3) is 0 Å². The Labute approximate surface area is 92.2 Å². The van der Waals surface area contributed by atoms with E-state index in [9.17, 15) is 4.79 Å². The van der Waals surface area contributed by atoms with E-state index >= 15 is 0 Å². The highest BCUT2D eigenvalue weighted by Crippen LogP contribution is 2.26. The maximum Gasteiger partial charge on any atom is 0.254 e. The first-order valence-corrected chi connectivity index (χ1v) is 5.80. The van der Waals surface area contributed by atoms with Crippen LogP contribution < -0.4 is 11.3 Å². The third kappa shape index (κ3) is 2.49. The summed E-state index contributed by atoms with van der Waals surface area (Å²) in [5.41, 5.74) is 1.85. The summed E-state index contributed by atoms with van der Waals surface area (Å²) < 4.78 is 0. The molecule has 0 aliphatic carbocycles. The zero-order valence-corrected chi connectivity index (χ0v) is 10.0. The highest BCUT2D eigenvalue weighted by molar-refractivity contribution is 5.85. The lowest BCUT2D eigenvalue weighted by molar-refractivity contribution is -0.134. The lowest BCUT2D eigenvalue weighted by Crippen LogP contribution is -2.60. The third-order valence-corrected chi connectivity index (χ3v) is 3.66. The van der Waals surface area contributed by atoms with E-state index < -0.39 is 5.54 Å². The Hall–Kier alpha value is -0.610. The summed E-state index contributed by atoms with van der Waals surface area (Å²) in [6.07, 6.45) is 3.23. The highest BCUT2D eigenvalue weighted by Gasteiger charge is 2.38. The van der Waals surface area contributed by atoms with Crippen LogP contribution >= 0.6 is 0 Å². The van der Waals surface area contributed by atoms with Gasteiger partial charge in [-0.05, 0) is 38.6 Å². The second-order valence-corrected chi connectivity index (χ2v) is 4.79. The van der Waals surface area contributed by atoms with Crippen molar-refractivity contribution in [2.24, 2.45) is 11.8 Å². The van der Waals surface area contributed by atoms with Gasteiger partial charge in [-0.2, -0.15) is 0 Å². The van der Waals surface area contributed by atoms with E-state index in [1.807, 2.05) is 13.8 Å². The minimum absolute atomic E-state index is 0.0703. The van der Waals surface area contributed by atoms with Gasteiger partial charge in [0.15, 0.2) is 0 Å². The molecule has 0 aromatic heterocycles. The van der Waals surface area contributed by atoms with Gasteiger partial charge in [0.05, 0.1) is 5.54 Å². The molecule has 1 aliphatic heterocycles. The first-order chi connectivity index (χ1) is 7.04. The van der Waals surface area contributed by atoms with E-state index in [1.165, 1.54) is 12.8 Å². The Bertz CT molecular complexity index is 232. The molecular formula is C11H23N3O. The summed E-state index contributed by atoms with van der Waals surface area (Å²) in [7, 11) is 0. The molecule has 0 spiro atoms. The van der Waals surface area contributed by atoms with Crippen LogP contribution in [0.1, 0.15) is 40.0 Å². The number of amides is 1. The summed E-state index contributed by atoms with van der Waals surface area (Å²) in [5.74, 6) is 5.85. The summed E-state index contributed by atoms with van der Waals surface area (Å²) in [6, 6.07) is 0. The minimum Gasteiger partial charge on any atom is -0.293 e. The van der Waals surface area contributed by atoms with E-state index in [4.69, 9.17) is 5.84 Å². The number of hydrazine groups is 1. The number of nitrogens with two attached hydrogens (primary N) is 1. The Balaban J connectivity index is 2.75. The largest absolute Gasteiger partial charge is 0.293 e. The van der Waals surface area contributed by atoms with Crippen molar-refractivity contribution in [3.8, 4) is 0 Å². The predicted octanol–water partition coefficient (Wildman–Crippen LogP) is 0.877. The molecule has 4 nitrogen and oxygen atoms in total. The molecule has 3 N–H and O–H groups in total. The fraction of sp³-hybridized carbons (Fsp3) is 0.909. The van der Waals surface area contributed by atoms with Crippen molar-refractivity contribution in [1.82, 2.24) is 10.3 Å². The fourth-order valence-corrected chi connectivity index (χ4v) is 2.32. The van der Waals surface area contributed by atoms with Crippen molar-refractivity contribution in [1.29, 1.82) is 0 Å². The van der Waals surface area contributed by atoms with Crippen molar-refractivity contribution in [3.63, 3.8) is 0 Å². The molecule has 0 aromatic carbocycles. The lowest BCUT2D eigenvalue weighted by atomic mass is 9.90. The van der Waals surface area contributed by atoms with E-state index in [2.05, 4.69) is 17.2 Å². The van der Waals surface area contributed by atoms with Gasteiger partial charge in [0.1, 0.15) is 0 Å². The molecule has 0 radical (unpaired) electrons. The molecule has 2 atom stereocenters. The molecule has 1 amide bonds. The number of piperidine rings is 1. The van der Waals surface area contributed by atoms with Crippen LogP contribution in [0.3, 0.4) is 0 Å². The highest BCUT2D eigenvalue weighted by atomic mass is 16.2. The van der Waals surface area contributed by atoms with Crippen molar-refractivity contribution in [3.05, 3.63) is 0 Å². The maximum absolute atomic E-state index is 11.8. The summed E-state index contributed by atoms with van der Waals surface area (Å²) in [4.78, 5) is 14.1. The molecule has 1 heterocycles. The number of hydrogen-bond acceptors (Lipinski definition) is 3. The van der Waals surface area contributed by atoms with Gasteiger partial charge in [-0.15, -0.1) is 0 Å². The average molecular weight is 213 g/mol. The third-order valence-electron chi connectivity index (χ3n) is 3.66. The zero-order chi connectivity index (χ0) is 11.5. The Morgan fingerprint density at radius 1 is 1.67 bits per heavy atom. The van der Waals surface area contributed by atoms with Gasteiger partial charge in [-0.25, -0.2) is 5.84 Å². The number of nitrogens with one attached hydrogen (secondary N) is 1. The monoisotopic (exact) mass is 213 g/mol. The molecule has 0 saturated carbocycles. The molecular weight excluding hydrogens is 190 g/mol.